The van der Waals surface area contributed by atoms with Gasteiger partial charge in [-0.15, -0.1) is 0 Å². The van der Waals surface area contributed by atoms with Crippen LogP contribution in [0.3, 0.4) is 0 Å². The second-order valence-electron chi connectivity index (χ2n) is 3.86. The molecule has 1 aliphatic heterocycles. The summed E-state index contributed by atoms with van der Waals surface area (Å²) in [5.41, 5.74) is 6.47. The van der Waals surface area contributed by atoms with Gasteiger partial charge in [0.2, 0.25) is 0 Å². The number of aliphatic hydroxyl groups is 2. The summed E-state index contributed by atoms with van der Waals surface area (Å²) in [4.78, 5) is 1.63. The van der Waals surface area contributed by atoms with Crippen LogP contribution in [-0.2, 0) is 0 Å². The van der Waals surface area contributed by atoms with Gasteiger partial charge in [0.25, 0.3) is 0 Å². The first kappa shape index (κ1) is 11.4. The molecule has 1 aromatic carbocycles. The summed E-state index contributed by atoms with van der Waals surface area (Å²) in [5.74, 6) is -0.568. The highest BCUT2D eigenvalue weighted by Gasteiger charge is 2.30. The van der Waals surface area contributed by atoms with Crippen molar-refractivity contribution in [3.05, 3.63) is 23.0 Å². The Hall–Kier alpha value is -1.04. The maximum atomic E-state index is 13.3. The van der Waals surface area contributed by atoms with Crippen molar-refractivity contribution in [1.82, 2.24) is 0 Å². The Morgan fingerprint density at radius 1 is 1.31 bits per heavy atom. The van der Waals surface area contributed by atoms with E-state index in [1.807, 2.05) is 0 Å². The van der Waals surface area contributed by atoms with Gasteiger partial charge in [-0.25, -0.2) is 4.39 Å². The second-order valence-corrected chi connectivity index (χ2v) is 4.27. The first-order chi connectivity index (χ1) is 7.49. The molecule has 0 amide bonds. The number of hydrogen-bond acceptors (Lipinski definition) is 4. The van der Waals surface area contributed by atoms with Gasteiger partial charge in [-0.3, -0.25) is 0 Å². The van der Waals surface area contributed by atoms with Crippen LogP contribution in [0.15, 0.2) is 12.1 Å². The monoisotopic (exact) mass is 246 g/mol. The molecule has 4 N–H and O–H groups in total. The molecule has 2 atom stereocenters. The lowest BCUT2D eigenvalue weighted by atomic mass is 10.2. The molecule has 6 heteroatoms. The molecule has 0 saturated carbocycles. The normalized spacial score (nSPS) is 25.1. The van der Waals surface area contributed by atoms with Crippen LogP contribution >= 0.6 is 11.6 Å². The van der Waals surface area contributed by atoms with Gasteiger partial charge in [-0.1, -0.05) is 11.6 Å². The molecule has 1 aliphatic rings. The summed E-state index contributed by atoms with van der Waals surface area (Å²) in [6.07, 6.45) is -1.67. The average Bonchev–Trinajstić information content (AvgIpc) is 2.53. The standard InChI is InChI=1S/C10H12ClFN2O2/c11-5-1-7(13)8(2-6(5)12)14-3-9(15)10(16)4-14/h1-2,9-10,15-16H,3-4,13H2. The SMILES string of the molecule is Nc1cc(Cl)c(F)cc1N1CC(O)C(O)C1. The van der Waals surface area contributed by atoms with Gasteiger partial charge in [-0.2, -0.15) is 0 Å². The van der Waals surface area contributed by atoms with Crippen LogP contribution in [0, 0.1) is 5.82 Å². The fourth-order valence-electron chi connectivity index (χ4n) is 1.79. The molecule has 4 nitrogen and oxygen atoms in total. The molecule has 2 rings (SSSR count). The molecule has 0 bridgehead atoms. The van der Waals surface area contributed by atoms with E-state index in [9.17, 15) is 14.6 Å². The van der Waals surface area contributed by atoms with Gasteiger partial charge in [0.05, 0.1) is 28.6 Å². The van der Waals surface area contributed by atoms with Crippen LogP contribution in [0.1, 0.15) is 0 Å². The van der Waals surface area contributed by atoms with E-state index >= 15 is 0 Å². The predicted octanol–water partition coefficient (Wildman–Crippen LogP) is 0.603. The third kappa shape index (κ3) is 1.93. The maximum absolute atomic E-state index is 13.3. The lowest BCUT2D eigenvalue weighted by Gasteiger charge is -2.20. The number of β-amino-alcohol motifs (C(OH)–C–C–N with tert-alkyl or cyclic N) is 2. The molecular formula is C10H12ClFN2O2. The van der Waals surface area contributed by atoms with Gasteiger partial charge < -0.3 is 20.8 Å². The van der Waals surface area contributed by atoms with Crippen LogP contribution in [0.5, 0.6) is 0 Å². The van der Waals surface area contributed by atoms with Gasteiger partial charge >= 0.3 is 0 Å². The lowest BCUT2D eigenvalue weighted by Crippen LogP contribution is -2.22. The number of nitrogen functional groups attached to an aromatic ring is 1. The largest absolute Gasteiger partial charge is 0.397 e. The number of nitrogens with zero attached hydrogens (tertiary/aromatic N) is 1. The van der Waals surface area contributed by atoms with Crippen molar-refractivity contribution in [2.24, 2.45) is 0 Å². The minimum atomic E-state index is -0.835. The van der Waals surface area contributed by atoms with E-state index in [4.69, 9.17) is 17.3 Å². The topological polar surface area (TPSA) is 69.7 Å². The number of nitrogens with two attached hydrogens (primary N) is 1. The third-order valence-electron chi connectivity index (χ3n) is 2.67. The van der Waals surface area contributed by atoms with Crippen LogP contribution in [-0.4, -0.2) is 35.5 Å². The summed E-state index contributed by atoms with van der Waals surface area (Å²) >= 11 is 5.58. The van der Waals surface area contributed by atoms with E-state index in [-0.39, 0.29) is 18.1 Å². The lowest BCUT2D eigenvalue weighted by molar-refractivity contribution is 0.0572. The summed E-state index contributed by atoms with van der Waals surface area (Å²) < 4.78 is 13.3. The Kier molecular flexibility index (Phi) is 2.92. The Bertz CT molecular complexity index is 406. The van der Waals surface area contributed by atoms with Crippen molar-refractivity contribution in [3.63, 3.8) is 0 Å². The predicted molar refractivity (Wildman–Crippen MR) is 60.0 cm³/mol. The maximum Gasteiger partial charge on any atom is 0.144 e. The van der Waals surface area contributed by atoms with E-state index in [1.165, 1.54) is 12.1 Å². The van der Waals surface area contributed by atoms with Crippen LogP contribution < -0.4 is 10.6 Å². The minimum Gasteiger partial charge on any atom is -0.397 e. The minimum absolute atomic E-state index is 0.0402. The molecule has 0 spiro atoms. The fourth-order valence-corrected chi connectivity index (χ4v) is 1.96. The van der Waals surface area contributed by atoms with Gasteiger partial charge in [0.1, 0.15) is 5.82 Å². The molecule has 2 unspecified atom stereocenters. The highest BCUT2D eigenvalue weighted by molar-refractivity contribution is 6.31. The van der Waals surface area contributed by atoms with Crippen molar-refractivity contribution in [3.8, 4) is 0 Å². The van der Waals surface area contributed by atoms with E-state index in [1.54, 1.807) is 4.90 Å². The molecular weight excluding hydrogens is 235 g/mol. The zero-order chi connectivity index (χ0) is 11.9. The number of halogens is 2. The quantitative estimate of drug-likeness (QED) is 0.635. The molecule has 0 aliphatic carbocycles. The zero-order valence-corrected chi connectivity index (χ0v) is 9.15. The molecule has 88 valence electrons. The number of rotatable bonds is 1. The summed E-state index contributed by atoms with van der Waals surface area (Å²) in [6, 6.07) is 2.53. The van der Waals surface area contributed by atoms with Crippen molar-refractivity contribution in [1.29, 1.82) is 0 Å². The number of anilines is 2. The first-order valence-electron chi connectivity index (χ1n) is 4.84. The molecule has 1 fully saturated rings. The molecule has 16 heavy (non-hydrogen) atoms. The number of aliphatic hydroxyl groups excluding tert-OH is 2. The molecule has 1 saturated heterocycles. The van der Waals surface area contributed by atoms with Crippen molar-refractivity contribution < 1.29 is 14.6 Å². The number of benzene rings is 1. The van der Waals surface area contributed by atoms with Gasteiger partial charge in [-0.05, 0) is 6.07 Å². The molecule has 0 aromatic heterocycles. The second kappa shape index (κ2) is 4.08. The third-order valence-corrected chi connectivity index (χ3v) is 2.96. The first-order valence-corrected chi connectivity index (χ1v) is 5.22. The molecule has 0 radical (unpaired) electrons. The number of hydrogen-bond donors (Lipinski definition) is 3. The smallest absolute Gasteiger partial charge is 0.144 e. The van der Waals surface area contributed by atoms with Crippen LogP contribution in [0.2, 0.25) is 5.02 Å². The van der Waals surface area contributed by atoms with Crippen molar-refractivity contribution in [2.75, 3.05) is 23.7 Å². The van der Waals surface area contributed by atoms with Gasteiger partial charge in [0, 0.05) is 19.2 Å². The van der Waals surface area contributed by atoms with Crippen LogP contribution in [0.4, 0.5) is 15.8 Å². The highest BCUT2D eigenvalue weighted by atomic mass is 35.5. The van der Waals surface area contributed by atoms with E-state index in [2.05, 4.69) is 0 Å². The summed E-state index contributed by atoms with van der Waals surface area (Å²) in [7, 11) is 0. The Morgan fingerprint density at radius 2 is 1.88 bits per heavy atom. The van der Waals surface area contributed by atoms with Crippen LogP contribution in [0.25, 0.3) is 0 Å². The van der Waals surface area contributed by atoms with E-state index in [0.717, 1.165) is 0 Å². The van der Waals surface area contributed by atoms with E-state index < -0.39 is 18.0 Å². The Morgan fingerprint density at radius 3 is 2.44 bits per heavy atom. The van der Waals surface area contributed by atoms with Gasteiger partial charge in [0.15, 0.2) is 0 Å². The van der Waals surface area contributed by atoms with Crippen molar-refractivity contribution in [2.45, 2.75) is 12.2 Å². The Balaban J connectivity index is 2.31. The highest BCUT2D eigenvalue weighted by Crippen LogP contribution is 2.31. The zero-order valence-electron chi connectivity index (χ0n) is 8.40. The average molecular weight is 247 g/mol. The summed E-state index contributed by atoms with van der Waals surface area (Å²) in [6.45, 7) is 0.457. The molecule has 1 heterocycles. The van der Waals surface area contributed by atoms with E-state index in [0.29, 0.717) is 11.4 Å². The Labute approximate surface area is 97.0 Å². The van der Waals surface area contributed by atoms with Crippen molar-refractivity contribution >= 4 is 23.0 Å². The fraction of sp³-hybridized carbons (Fsp3) is 0.400. The molecule has 1 aromatic rings. The summed E-state index contributed by atoms with van der Waals surface area (Å²) in [5, 5.41) is 18.7.